The van der Waals surface area contributed by atoms with Crippen molar-refractivity contribution >= 4 is 23.2 Å². The van der Waals surface area contributed by atoms with Crippen LogP contribution < -0.4 is 5.32 Å². The minimum Gasteiger partial charge on any atom is -0.508 e. The van der Waals surface area contributed by atoms with Crippen molar-refractivity contribution < 1.29 is 14.3 Å². The maximum absolute atomic E-state index is 13.4. The van der Waals surface area contributed by atoms with E-state index >= 15 is 0 Å². The minimum atomic E-state index is -0.713. The number of halogens is 2. The standard InChI is InChI=1S/C13H9ClFNO2/c14-10-4-2-1-3-9(10)13(18)16-12-6-5-8(17)7-11(12)15/h1-7,17H,(H,16,18). The van der Waals surface area contributed by atoms with E-state index in [0.29, 0.717) is 0 Å². The number of aromatic hydroxyl groups is 1. The van der Waals surface area contributed by atoms with E-state index < -0.39 is 11.7 Å². The van der Waals surface area contributed by atoms with Crippen LogP contribution >= 0.6 is 11.6 Å². The molecule has 2 aromatic rings. The van der Waals surface area contributed by atoms with E-state index in [1.54, 1.807) is 18.2 Å². The Hall–Kier alpha value is -2.07. The van der Waals surface area contributed by atoms with Crippen molar-refractivity contribution in [2.75, 3.05) is 5.32 Å². The Bertz CT molecular complexity index is 601. The summed E-state index contributed by atoms with van der Waals surface area (Å²) < 4.78 is 13.4. The van der Waals surface area contributed by atoms with E-state index in [-0.39, 0.29) is 22.0 Å². The topological polar surface area (TPSA) is 49.3 Å². The zero-order chi connectivity index (χ0) is 13.1. The number of carbonyl (C=O) groups is 1. The highest BCUT2D eigenvalue weighted by Gasteiger charge is 2.12. The van der Waals surface area contributed by atoms with Crippen LogP contribution in [0.2, 0.25) is 5.02 Å². The highest BCUT2D eigenvalue weighted by molar-refractivity contribution is 6.34. The summed E-state index contributed by atoms with van der Waals surface area (Å²) in [5.41, 5.74) is 0.240. The predicted octanol–water partition coefficient (Wildman–Crippen LogP) is 3.44. The third kappa shape index (κ3) is 2.60. The number of hydrogen-bond acceptors (Lipinski definition) is 2. The number of nitrogens with one attached hydrogen (secondary N) is 1. The van der Waals surface area contributed by atoms with Gasteiger partial charge in [-0.25, -0.2) is 4.39 Å². The van der Waals surface area contributed by atoms with E-state index in [9.17, 15) is 9.18 Å². The molecular formula is C13H9ClFNO2. The molecule has 0 bridgehead atoms. The normalized spacial score (nSPS) is 10.1. The summed E-state index contributed by atoms with van der Waals surface area (Å²) in [7, 11) is 0. The zero-order valence-electron chi connectivity index (χ0n) is 9.15. The first kappa shape index (κ1) is 12.4. The molecule has 0 saturated carbocycles. The highest BCUT2D eigenvalue weighted by atomic mass is 35.5. The summed E-state index contributed by atoms with van der Waals surface area (Å²) >= 11 is 5.86. The molecule has 0 atom stereocenters. The van der Waals surface area contributed by atoms with Gasteiger partial charge in [0.2, 0.25) is 0 Å². The molecule has 0 aliphatic carbocycles. The van der Waals surface area contributed by atoms with Crippen molar-refractivity contribution in [3.8, 4) is 5.75 Å². The fourth-order valence-electron chi connectivity index (χ4n) is 1.44. The van der Waals surface area contributed by atoms with Gasteiger partial charge in [0, 0.05) is 6.07 Å². The van der Waals surface area contributed by atoms with Crippen LogP contribution in [0.5, 0.6) is 5.75 Å². The van der Waals surface area contributed by atoms with Gasteiger partial charge in [0.1, 0.15) is 11.6 Å². The molecule has 0 saturated heterocycles. The lowest BCUT2D eigenvalue weighted by Gasteiger charge is -2.07. The van der Waals surface area contributed by atoms with E-state index in [4.69, 9.17) is 16.7 Å². The van der Waals surface area contributed by atoms with Gasteiger partial charge in [0.15, 0.2) is 0 Å². The zero-order valence-corrected chi connectivity index (χ0v) is 9.91. The second kappa shape index (κ2) is 5.06. The Kier molecular flexibility index (Phi) is 3.48. The predicted molar refractivity (Wildman–Crippen MR) is 67.5 cm³/mol. The third-order valence-corrected chi connectivity index (χ3v) is 2.65. The molecular weight excluding hydrogens is 257 g/mol. The molecule has 0 fully saturated rings. The second-order valence-electron chi connectivity index (χ2n) is 3.60. The Labute approximate surface area is 108 Å². The number of amides is 1. The summed E-state index contributed by atoms with van der Waals surface area (Å²) in [6.45, 7) is 0. The SMILES string of the molecule is O=C(Nc1ccc(O)cc1F)c1ccccc1Cl. The number of rotatable bonds is 2. The van der Waals surface area contributed by atoms with Crippen molar-refractivity contribution in [3.05, 3.63) is 58.9 Å². The van der Waals surface area contributed by atoms with Gasteiger partial charge >= 0.3 is 0 Å². The maximum Gasteiger partial charge on any atom is 0.257 e. The maximum atomic E-state index is 13.4. The van der Waals surface area contributed by atoms with Crippen LogP contribution in [0.15, 0.2) is 42.5 Å². The molecule has 0 unspecified atom stereocenters. The molecule has 1 amide bonds. The van der Waals surface area contributed by atoms with E-state index in [1.165, 1.54) is 18.2 Å². The molecule has 18 heavy (non-hydrogen) atoms. The first-order chi connectivity index (χ1) is 8.58. The third-order valence-electron chi connectivity index (χ3n) is 2.32. The molecule has 5 heteroatoms. The second-order valence-corrected chi connectivity index (χ2v) is 4.01. The summed E-state index contributed by atoms with van der Waals surface area (Å²) in [5, 5.41) is 11.7. The lowest BCUT2D eigenvalue weighted by atomic mass is 10.2. The van der Waals surface area contributed by atoms with Gasteiger partial charge in [0.25, 0.3) is 5.91 Å². The van der Waals surface area contributed by atoms with Gasteiger partial charge in [0.05, 0.1) is 16.3 Å². The quantitative estimate of drug-likeness (QED) is 0.817. The van der Waals surface area contributed by atoms with Crippen molar-refractivity contribution in [1.82, 2.24) is 0 Å². The molecule has 92 valence electrons. The summed E-state index contributed by atoms with van der Waals surface area (Å²) in [5.74, 6) is -1.43. The lowest BCUT2D eigenvalue weighted by molar-refractivity contribution is 0.102. The van der Waals surface area contributed by atoms with Crippen LogP contribution in [0.25, 0.3) is 0 Å². The van der Waals surface area contributed by atoms with Crippen molar-refractivity contribution in [3.63, 3.8) is 0 Å². The molecule has 0 radical (unpaired) electrons. The van der Waals surface area contributed by atoms with E-state index in [0.717, 1.165) is 6.07 Å². The Morgan fingerprint density at radius 3 is 2.61 bits per heavy atom. The Balaban J connectivity index is 2.24. The molecule has 0 heterocycles. The smallest absolute Gasteiger partial charge is 0.257 e. The van der Waals surface area contributed by atoms with Crippen LogP contribution in [0.1, 0.15) is 10.4 Å². The molecule has 2 aromatic carbocycles. The monoisotopic (exact) mass is 265 g/mol. The average Bonchev–Trinajstić information content (AvgIpc) is 2.33. The molecule has 2 rings (SSSR count). The van der Waals surface area contributed by atoms with Crippen LogP contribution in [-0.2, 0) is 0 Å². The molecule has 2 N–H and O–H groups in total. The Morgan fingerprint density at radius 1 is 1.22 bits per heavy atom. The van der Waals surface area contributed by atoms with E-state index in [2.05, 4.69) is 5.32 Å². The van der Waals surface area contributed by atoms with E-state index in [1.807, 2.05) is 0 Å². The number of hydrogen-bond donors (Lipinski definition) is 2. The highest BCUT2D eigenvalue weighted by Crippen LogP contribution is 2.21. The summed E-state index contributed by atoms with van der Waals surface area (Å²) in [4.78, 5) is 11.8. The van der Waals surface area contributed by atoms with Gasteiger partial charge in [-0.05, 0) is 24.3 Å². The first-order valence-electron chi connectivity index (χ1n) is 5.12. The molecule has 3 nitrogen and oxygen atoms in total. The fraction of sp³-hybridized carbons (Fsp3) is 0. The van der Waals surface area contributed by atoms with Crippen molar-refractivity contribution in [2.45, 2.75) is 0 Å². The van der Waals surface area contributed by atoms with Crippen LogP contribution in [0, 0.1) is 5.82 Å². The average molecular weight is 266 g/mol. The lowest BCUT2D eigenvalue weighted by Crippen LogP contribution is -2.13. The van der Waals surface area contributed by atoms with Gasteiger partial charge in [-0.2, -0.15) is 0 Å². The first-order valence-corrected chi connectivity index (χ1v) is 5.50. The minimum absolute atomic E-state index is 0.0160. The molecule has 0 aliphatic heterocycles. The molecule has 0 aliphatic rings. The molecule has 0 aromatic heterocycles. The summed E-state index contributed by atoms with van der Waals surface area (Å²) in [6.07, 6.45) is 0. The number of phenolic OH excluding ortho intramolecular Hbond substituents is 1. The number of phenols is 1. The van der Waals surface area contributed by atoms with Crippen molar-refractivity contribution in [2.24, 2.45) is 0 Å². The van der Waals surface area contributed by atoms with Gasteiger partial charge in [-0.3, -0.25) is 4.79 Å². The number of benzene rings is 2. The van der Waals surface area contributed by atoms with Gasteiger partial charge in [-0.15, -0.1) is 0 Å². The van der Waals surface area contributed by atoms with Crippen LogP contribution in [-0.4, -0.2) is 11.0 Å². The van der Waals surface area contributed by atoms with Gasteiger partial charge in [-0.1, -0.05) is 23.7 Å². The molecule has 0 spiro atoms. The fourth-order valence-corrected chi connectivity index (χ4v) is 1.66. The van der Waals surface area contributed by atoms with Crippen LogP contribution in [0.3, 0.4) is 0 Å². The van der Waals surface area contributed by atoms with Crippen molar-refractivity contribution in [1.29, 1.82) is 0 Å². The number of anilines is 1. The number of carbonyl (C=O) groups excluding carboxylic acids is 1. The summed E-state index contributed by atoms with van der Waals surface area (Å²) in [6, 6.07) is 9.95. The van der Waals surface area contributed by atoms with Crippen LogP contribution in [0.4, 0.5) is 10.1 Å². The Morgan fingerprint density at radius 2 is 1.94 bits per heavy atom. The largest absolute Gasteiger partial charge is 0.508 e. The van der Waals surface area contributed by atoms with Gasteiger partial charge < -0.3 is 10.4 Å².